The largest absolute Gasteiger partial charge is 0.352 e. The molecule has 0 aliphatic carbocycles. The van der Waals surface area contributed by atoms with Gasteiger partial charge >= 0.3 is 0 Å². The Kier molecular flexibility index (Phi) is 4.94. The Balaban J connectivity index is 1.68. The Labute approximate surface area is 139 Å². The number of carbonyl (C=O) groups is 1. The van der Waals surface area contributed by atoms with Gasteiger partial charge in [0.1, 0.15) is 5.82 Å². The molecule has 5 heteroatoms. The minimum Gasteiger partial charge on any atom is -0.352 e. The highest BCUT2D eigenvalue weighted by molar-refractivity contribution is 6.31. The van der Waals surface area contributed by atoms with Gasteiger partial charge in [0, 0.05) is 29.2 Å². The predicted octanol–water partition coefficient (Wildman–Crippen LogP) is 3.10. The number of hydrogen-bond acceptors (Lipinski definition) is 2. The fourth-order valence-electron chi connectivity index (χ4n) is 2.89. The van der Waals surface area contributed by atoms with Crippen molar-refractivity contribution in [2.45, 2.75) is 19.4 Å². The molecule has 3 nitrogen and oxygen atoms in total. The summed E-state index contributed by atoms with van der Waals surface area (Å²) >= 11 is 6.11. The molecule has 2 aromatic rings. The van der Waals surface area contributed by atoms with Crippen LogP contribution in [-0.4, -0.2) is 19.0 Å². The smallest absolute Gasteiger partial charge is 0.251 e. The molecule has 2 aromatic carbocycles. The van der Waals surface area contributed by atoms with E-state index in [1.54, 1.807) is 6.07 Å². The first-order valence-electron chi connectivity index (χ1n) is 7.69. The van der Waals surface area contributed by atoms with E-state index in [1.165, 1.54) is 6.07 Å². The van der Waals surface area contributed by atoms with E-state index in [4.69, 9.17) is 11.6 Å². The van der Waals surface area contributed by atoms with E-state index in [1.807, 2.05) is 24.3 Å². The second-order valence-electron chi connectivity index (χ2n) is 5.58. The van der Waals surface area contributed by atoms with Crippen LogP contribution in [-0.2, 0) is 19.4 Å². The first kappa shape index (κ1) is 16.0. The molecule has 1 amide bonds. The van der Waals surface area contributed by atoms with Crippen molar-refractivity contribution in [3.05, 3.63) is 69.5 Å². The summed E-state index contributed by atoms with van der Waals surface area (Å²) in [5, 5.41) is 6.74. The van der Waals surface area contributed by atoms with Crippen LogP contribution < -0.4 is 10.6 Å². The van der Waals surface area contributed by atoms with E-state index in [0.717, 1.165) is 17.7 Å². The van der Waals surface area contributed by atoms with Crippen LogP contribution in [0.25, 0.3) is 0 Å². The van der Waals surface area contributed by atoms with Crippen molar-refractivity contribution in [1.82, 2.24) is 10.6 Å². The predicted molar refractivity (Wildman–Crippen MR) is 89.3 cm³/mol. The molecular weight excluding hydrogens is 315 g/mol. The Morgan fingerprint density at radius 3 is 2.87 bits per heavy atom. The fraction of sp³-hybridized carbons (Fsp3) is 0.278. The van der Waals surface area contributed by atoms with Gasteiger partial charge in [0.2, 0.25) is 0 Å². The first-order valence-corrected chi connectivity index (χ1v) is 8.07. The summed E-state index contributed by atoms with van der Waals surface area (Å²) in [5.41, 5.74) is 3.00. The van der Waals surface area contributed by atoms with Crippen molar-refractivity contribution in [2.75, 3.05) is 13.1 Å². The van der Waals surface area contributed by atoms with Crippen molar-refractivity contribution in [3.63, 3.8) is 0 Å². The van der Waals surface area contributed by atoms with E-state index in [9.17, 15) is 9.18 Å². The molecule has 0 saturated carbocycles. The van der Waals surface area contributed by atoms with E-state index in [2.05, 4.69) is 10.6 Å². The molecule has 0 bridgehead atoms. The summed E-state index contributed by atoms with van der Waals surface area (Å²) in [6.45, 7) is 1.73. The second-order valence-corrected chi connectivity index (χ2v) is 5.98. The minimum absolute atomic E-state index is 0.157. The molecule has 1 aliphatic heterocycles. The number of amides is 1. The van der Waals surface area contributed by atoms with Crippen LogP contribution in [0, 0.1) is 5.82 Å². The Bertz CT molecular complexity index is 733. The van der Waals surface area contributed by atoms with Gasteiger partial charge in [0.05, 0.1) is 0 Å². The number of hydrogen-bond donors (Lipinski definition) is 2. The molecule has 0 unspecified atom stereocenters. The molecule has 3 rings (SSSR count). The number of halogens is 2. The summed E-state index contributed by atoms with van der Waals surface area (Å²) in [6, 6.07) is 10.5. The third-order valence-electron chi connectivity index (χ3n) is 4.11. The second kappa shape index (κ2) is 7.11. The lowest BCUT2D eigenvalue weighted by molar-refractivity contribution is 0.0953. The molecule has 2 N–H and O–H groups in total. The van der Waals surface area contributed by atoms with E-state index < -0.39 is 0 Å². The lowest BCUT2D eigenvalue weighted by atomic mass is 9.94. The molecule has 0 radical (unpaired) electrons. The molecule has 1 heterocycles. The maximum atomic E-state index is 13.8. The van der Waals surface area contributed by atoms with Gasteiger partial charge in [-0.05, 0) is 48.7 Å². The van der Waals surface area contributed by atoms with Crippen molar-refractivity contribution in [1.29, 1.82) is 0 Å². The minimum atomic E-state index is -0.250. The molecule has 0 aromatic heterocycles. The zero-order valence-corrected chi connectivity index (χ0v) is 13.4. The van der Waals surface area contributed by atoms with Gasteiger partial charge in [0.25, 0.3) is 5.91 Å². The van der Waals surface area contributed by atoms with Crippen LogP contribution in [0.5, 0.6) is 0 Å². The van der Waals surface area contributed by atoms with Crippen LogP contribution in [0.1, 0.15) is 27.0 Å². The summed E-state index contributed by atoms with van der Waals surface area (Å²) in [6.07, 6.45) is 1.33. The summed E-state index contributed by atoms with van der Waals surface area (Å²) in [7, 11) is 0. The van der Waals surface area contributed by atoms with E-state index in [-0.39, 0.29) is 11.7 Å². The normalized spacial score (nSPS) is 13.5. The highest BCUT2D eigenvalue weighted by Gasteiger charge is 2.20. The molecule has 120 valence electrons. The van der Waals surface area contributed by atoms with Gasteiger partial charge in [-0.3, -0.25) is 4.79 Å². The highest BCUT2D eigenvalue weighted by Crippen LogP contribution is 2.22. The monoisotopic (exact) mass is 332 g/mol. The van der Waals surface area contributed by atoms with Crippen LogP contribution in [0.2, 0.25) is 5.02 Å². The van der Waals surface area contributed by atoms with Crippen molar-refractivity contribution in [2.24, 2.45) is 0 Å². The topological polar surface area (TPSA) is 41.1 Å². The number of carbonyl (C=O) groups excluding carboxylic acids is 1. The molecular formula is C18H18ClFN2O. The first-order chi connectivity index (χ1) is 11.2. The van der Waals surface area contributed by atoms with Crippen LogP contribution in [0.15, 0.2) is 36.4 Å². The number of rotatable bonds is 4. The zero-order valence-electron chi connectivity index (χ0n) is 12.7. The van der Waals surface area contributed by atoms with Crippen molar-refractivity contribution in [3.8, 4) is 0 Å². The molecule has 0 spiro atoms. The zero-order chi connectivity index (χ0) is 16.2. The van der Waals surface area contributed by atoms with E-state index in [0.29, 0.717) is 42.1 Å². The maximum Gasteiger partial charge on any atom is 0.251 e. The lowest BCUT2D eigenvalue weighted by Gasteiger charge is -2.20. The van der Waals surface area contributed by atoms with Crippen molar-refractivity contribution >= 4 is 17.5 Å². The molecule has 0 atom stereocenters. The van der Waals surface area contributed by atoms with Crippen LogP contribution in [0.3, 0.4) is 0 Å². The van der Waals surface area contributed by atoms with Crippen molar-refractivity contribution < 1.29 is 9.18 Å². The third kappa shape index (κ3) is 3.54. The van der Waals surface area contributed by atoms with Gasteiger partial charge in [-0.1, -0.05) is 29.8 Å². The molecule has 23 heavy (non-hydrogen) atoms. The van der Waals surface area contributed by atoms with Gasteiger partial charge in [-0.15, -0.1) is 0 Å². The number of benzene rings is 2. The van der Waals surface area contributed by atoms with Gasteiger partial charge in [-0.25, -0.2) is 4.39 Å². The standard InChI is InChI=1S/C18H18ClFN2O/c19-16-4-2-1-3-12(16)7-10-22-18(23)14-5-6-17(20)15-11-21-9-8-13(14)15/h1-6,21H,7-11H2,(H,22,23). The third-order valence-corrected chi connectivity index (χ3v) is 4.48. The molecule has 1 aliphatic rings. The Morgan fingerprint density at radius 2 is 2.04 bits per heavy atom. The average Bonchev–Trinajstić information content (AvgIpc) is 2.57. The van der Waals surface area contributed by atoms with Crippen LogP contribution in [0.4, 0.5) is 4.39 Å². The van der Waals surface area contributed by atoms with Crippen LogP contribution >= 0.6 is 11.6 Å². The van der Waals surface area contributed by atoms with Gasteiger partial charge < -0.3 is 10.6 Å². The fourth-order valence-corrected chi connectivity index (χ4v) is 3.12. The average molecular weight is 333 g/mol. The summed E-state index contributed by atoms with van der Waals surface area (Å²) in [5.74, 6) is -0.407. The SMILES string of the molecule is O=C(NCCc1ccccc1Cl)c1ccc(F)c2c1CCNC2. The summed E-state index contributed by atoms with van der Waals surface area (Å²) in [4.78, 5) is 12.4. The molecule has 0 fully saturated rings. The van der Waals surface area contributed by atoms with Gasteiger partial charge in [0.15, 0.2) is 0 Å². The maximum absolute atomic E-state index is 13.8. The van der Waals surface area contributed by atoms with E-state index >= 15 is 0 Å². The lowest BCUT2D eigenvalue weighted by Crippen LogP contribution is -2.31. The molecule has 0 saturated heterocycles. The quantitative estimate of drug-likeness (QED) is 0.903. The Morgan fingerprint density at radius 1 is 1.22 bits per heavy atom. The summed E-state index contributed by atoms with van der Waals surface area (Å²) < 4.78 is 13.8. The highest BCUT2D eigenvalue weighted by atomic mass is 35.5. The van der Waals surface area contributed by atoms with Gasteiger partial charge in [-0.2, -0.15) is 0 Å². The Hall–Kier alpha value is -1.91. The number of fused-ring (bicyclic) bond motifs is 1. The number of nitrogens with one attached hydrogen (secondary N) is 2.